The van der Waals surface area contributed by atoms with E-state index in [0.717, 1.165) is 4.31 Å². The summed E-state index contributed by atoms with van der Waals surface area (Å²) in [4.78, 5) is 12.5. The lowest BCUT2D eigenvalue weighted by Gasteiger charge is -2.16. The third-order valence-corrected chi connectivity index (χ3v) is 6.53. The number of carbonyl (C=O) groups is 1. The van der Waals surface area contributed by atoms with E-state index in [1.807, 2.05) is 0 Å². The number of sulfonamides is 1. The average Bonchev–Trinajstić information content (AvgIpc) is 2.58. The zero-order valence-corrected chi connectivity index (χ0v) is 16.8. The number of halogens is 3. The van der Waals surface area contributed by atoms with Gasteiger partial charge in [0.2, 0.25) is 10.0 Å². The molecule has 140 valence electrons. The summed E-state index contributed by atoms with van der Waals surface area (Å²) in [6.45, 7) is -0.109. The van der Waals surface area contributed by atoms with Crippen molar-refractivity contribution in [1.82, 2.24) is 9.62 Å². The number of phenolic OH excluding ortho intramolecular Hbond substituents is 1. The van der Waals surface area contributed by atoms with Gasteiger partial charge in [-0.25, -0.2) is 12.7 Å². The Bertz CT molecular complexity index is 936. The van der Waals surface area contributed by atoms with E-state index >= 15 is 0 Å². The number of aromatic hydroxyl groups is 1. The molecule has 2 N–H and O–H groups in total. The molecular weight excluding hydrogens is 423 g/mol. The molecule has 0 bridgehead atoms. The fourth-order valence-electron chi connectivity index (χ4n) is 2.16. The summed E-state index contributed by atoms with van der Waals surface area (Å²) in [5.41, 5.74) is 0.0930. The van der Waals surface area contributed by atoms with Crippen LogP contribution in [-0.2, 0) is 16.6 Å². The van der Waals surface area contributed by atoms with Crippen molar-refractivity contribution in [3.63, 3.8) is 0 Å². The standard InChI is InChI=1S/C16H15Cl3N2O4S/c1-21(2)26(24,25)12-6-4-3-5-9(12)8-20-16(23)13-14(19)10(17)7-11(18)15(13)22/h3-7,22H,8H2,1-2H3,(H,20,23). The van der Waals surface area contributed by atoms with E-state index in [1.54, 1.807) is 18.2 Å². The van der Waals surface area contributed by atoms with Gasteiger partial charge >= 0.3 is 0 Å². The minimum atomic E-state index is -3.69. The predicted octanol–water partition coefficient (Wildman–Crippen LogP) is 3.53. The number of nitrogens with zero attached hydrogens (tertiary/aromatic N) is 1. The van der Waals surface area contributed by atoms with E-state index in [2.05, 4.69) is 5.32 Å². The van der Waals surface area contributed by atoms with Gasteiger partial charge in [0.15, 0.2) is 0 Å². The average molecular weight is 438 g/mol. The number of benzene rings is 2. The number of hydrogen-bond donors (Lipinski definition) is 2. The zero-order chi connectivity index (χ0) is 19.6. The van der Waals surface area contributed by atoms with Crippen molar-refractivity contribution in [3.05, 3.63) is 56.5 Å². The van der Waals surface area contributed by atoms with Crippen LogP contribution in [-0.4, -0.2) is 37.8 Å². The second kappa shape index (κ2) is 8.02. The summed E-state index contributed by atoms with van der Waals surface area (Å²) < 4.78 is 25.8. The molecule has 0 aliphatic carbocycles. The van der Waals surface area contributed by atoms with Gasteiger partial charge < -0.3 is 10.4 Å². The van der Waals surface area contributed by atoms with E-state index < -0.39 is 21.7 Å². The fourth-order valence-corrected chi connectivity index (χ4v) is 3.96. The van der Waals surface area contributed by atoms with Crippen molar-refractivity contribution in [2.75, 3.05) is 14.1 Å². The highest BCUT2D eigenvalue weighted by Crippen LogP contribution is 2.38. The Morgan fingerprint density at radius 1 is 1.15 bits per heavy atom. The van der Waals surface area contributed by atoms with Crippen LogP contribution in [0.15, 0.2) is 35.2 Å². The third-order valence-electron chi connectivity index (χ3n) is 3.54. The van der Waals surface area contributed by atoms with Crippen molar-refractivity contribution in [1.29, 1.82) is 0 Å². The minimum absolute atomic E-state index is 0.00945. The molecule has 26 heavy (non-hydrogen) atoms. The SMILES string of the molecule is CN(C)S(=O)(=O)c1ccccc1CNC(=O)c1c(O)c(Cl)cc(Cl)c1Cl. The first-order valence-corrected chi connectivity index (χ1v) is 9.79. The Labute approximate surface area is 166 Å². The van der Waals surface area contributed by atoms with Crippen LogP contribution >= 0.6 is 34.8 Å². The molecule has 0 aliphatic heterocycles. The van der Waals surface area contributed by atoms with Crippen molar-refractivity contribution >= 4 is 50.7 Å². The molecule has 0 unspecified atom stereocenters. The molecule has 0 aromatic heterocycles. The van der Waals surface area contributed by atoms with Gasteiger partial charge in [0, 0.05) is 20.6 Å². The molecule has 0 fully saturated rings. The topological polar surface area (TPSA) is 86.7 Å². The van der Waals surface area contributed by atoms with Crippen molar-refractivity contribution in [3.8, 4) is 5.75 Å². The first-order chi connectivity index (χ1) is 12.1. The Balaban J connectivity index is 2.33. The van der Waals surface area contributed by atoms with Gasteiger partial charge in [-0.1, -0.05) is 53.0 Å². The first kappa shape index (κ1) is 20.8. The number of carbonyl (C=O) groups excluding carboxylic acids is 1. The maximum atomic E-state index is 12.4. The van der Waals surface area contributed by atoms with Crippen molar-refractivity contribution in [2.24, 2.45) is 0 Å². The molecular formula is C16H15Cl3N2O4S. The van der Waals surface area contributed by atoms with E-state index in [9.17, 15) is 18.3 Å². The van der Waals surface area contributed by atoms with Crippen LogP contribution in [0.2, 0.25) is 15.1 Å². The molecule has 0 saturated carbocycles. The Morgan fingerprint density at radius 3 is 2.38 bits per heavy atom. The maximum Gasteiger partial charge on any atom is 0.256 e. The molecule has 0 spiro atoms. The van der Waals surface area contributed by atoms with Gasteiger partial charge in [-0.2, -0.15) is 0 Å². The number of phenols is 1. The van der Waals surface area contributed by atoms with Gasteiger partial charge in [0.1, 0.15) is 11.3 Å². The maximum absolute atomic E-state index is 12.4. The van der Waals surface area contributed by atoms with E-state index in [1.165, 1.54) is 26.2 Å². The smallest absolute Gasteiger partial charge is 0.256 e. The molecule has 0 aliphatic rings. The Kier molecular flexibility index (Phi) is 6.42. The third kappa shape index (κ3) is 4.07. The van der Waals surface area contributed by atoms with Gasteiger partial charge in [0.25, 0.3) is 5.91 Å². The quantitative estimate of drug-likeness (QED) is 0.701. The van der Waals surface area contributed by atoms with Crippen LogP contribution < -0.4 is 5.32 Å². The zero-order valence-electron chi connectivity index (χ0n) is 13.8. The first-order valence-electron chi connectivity index (χ1n) is 7.22. The van der Waals surface area contributed by atoms with Crippen LogP contribution in [0.5, 0.6) is 5.75 Å². The summed E-state index contributed by atoms with van der Waals surface area (Å²) in [5.74, 6) is -1.25. The molecule has 0 radical (unpaired) electrons. The van der Waals surface area contributed by atoms with Crippen molar-refractivity contribution < 1.29 is 18.3 Å². The van der Waals surface area contributed by atoms with Gasteiger partial charge in [-0.05, 0) is 17.7 Å². The molecule has 10 heteroatoms. The summed E-state index contributed by atoms with van der Waals surface area (Å²) in [6, 6.07) is 7.47. The largest absolute Gasteiger partial charge is 0.505 e. The number of hydrogen-bond acceptors (Lipinski definition) is 4. The molecule has 0 heterocycles. The highest BCUT2D eigenvalue weighted by molar-refractivity contribution is 7.89. The Morgan fingerprint density at radius 2 is 1.77 bits per heavy atom. The monoisotopic (exact) mass is 436 g/mol. The van der Waals surface area contributed by atoms with Crippen molar-refractivity contribution in [2.45, 2.75) is 11.4 Å². The predicted molar refractivity (Wildman–Crippen MR) is 102 cm³/mol. The molecule has 2 rings (SSSR count). The summed E-state index contributed by atoms with van der Waals surface area (Å²) in [6.07, 6.45) is 0. The highest BCUT2D eigenvalue weighted by Gasteiger charge is 2.23. The minimum Gasteiger partial charge on any atom is -0.505 e. The molecule has 2 aromatic rings. The molecule has 1 amide bonds. The fraction of sp³-hybridized carbons (Fsp3) is 0.188. The number of amides is 1. The van der Waals surface area contributed by atoms with E-state index in [4.69, 9.17) is 34.8 Å². The molecule has 2 aromatic carbocycles. The number of nitrogens with one attached hydrogen (secondary N) is 1. The second-order valence-corrected chi connectivity index (χ2v) is 8.77. The van der Waals surface area contributed by atoms with Crippen LogP contribution in [0.4, 0.5) is 0 Å². The van der Waals surface area contributed by atoms with Crippen LogP contribution in [0.1, 0.15) is 15.9 Å². The van der Waals surface area contributed by atoms with E-state index in [0.29, 0.717) is 5.56 Å². The Hall–Kier alpha value is -1.51. The highest BCUT2D eigenvalue weighted by atomic mass is 35.5. The summed E-state index contributed by atoms with van der Waals surface area (Å²) >= 11 is 17.7. The van der Waals surface area contributed by atoms with E-state index in [-0.39, 0.29) is 32.1 Å². The van der Waals surface area contributed by atoms with Gasteiger partial charge in [-0.15, -0.1) is 0 Å². The molecule has 0 saturated heterocycles. The lowest BCUT2D eigenvalue weighted by atomic mass is 10.1. The van der Waals surface area contributed by atoms with Gasteiger partial charge in [-0.3, -0.25) is 4.79 Å². The lowest BCUT2D eigenvalue weighted by Crippen LogP contribution is -2.27. The normalized spacial score (nSPS) is 11.6. The van der Waals surface area contributed by atoms with Crippen LogP contribution in [0, 0.1) is 0 Å². The van der Waals surface area contributed by atoms with Crippen LogP contribution in [0.3, 0.4) is 0 Å². The second-order valence-electron chi connectivity index (χ2n) is 5.46. The summed E-state index contributed by atoms with van der Waals surface area (Å²) in [5, 5.41) is 12.2. The lowest BCUT2D eigenvalue weighted by molar-refractivity contribution is 0.0948. The molecule has 6 nitrogen and oxygen atoms in total. The summed E-state index contributed by atoms with van der Waals surface area (Å²) in [7, 11) is -0.859. The molecule has 0 atom stereocenters. The number of rotatable bonds is 5. The van der Waals surface area contributed by atoms with Crippen LogP contribution in [0.25, 0.3) is 0 Å². The van der Waals surface area contributed by atoms with Gasteiger partial charge in [0.05, 0.1) is 20.0 Å².